The third kappa shape index (κ3) is 4.02. The molecule has 3 N–H and O–H groups in total. The first kappa shape index (κ1) is 18.7. The van der Waals surface area contributed by atoms with Crippen molar-refractivity contribution in [2.24, 2.45) is 0 Å². The van der Waals surface area contributed by atoms with Gasteiger partial charge in [-0.05, 0) is 44.9 Å². The Morgan fingerprint density at radius 3 is 2.70 bits per heavy atom. The first-order valence-electron chi connectivity index (χ1n) is 9.09. The van der Waals surface area contributed by atoms with E-state index in [2.05, 4.69) is 20.3 Å². The van der Waals surface area contributed by atoms with Gasteiger partial charge in [0.2, 0.25) is 0 Å². The van der Waals surface area contributed by atoms with Crippen LogP contribution in [0, 0.1) is 13.8 Å². The highest BCUT2D eigenvalue weighted by Crippen LogP contribution is 2.19. The first-order valence-corrected chi connectivity index (χ1v) is 9.09. The van der Waals surface area contributed by atoms with Gasteiger partial charge in [0, 0.05) is 18.7 Å². The van der Waals surface area contributed by atoms with E-state index in [0.717, 1.165) is 29.7 Å². The fourth-order valence-corrected chi connectivity index (χ4v) is 3.16. The Labute approximate surface area is 157 Å². The molecular weight excluding hydrogens is 344 g/mol. The maximum Gasteiger partial charge on any atom is 0.340 e. The maximum absolute atomic E-state index is 12.4. The van der Waals surface area contributed by atoms with Crippen molar-refractivity contribution in [3.05, 3.63) is 52.6 Å². The molecule has 0 unspecified atom stereocenters. The zero-order valence-electron chi connectivity index (χ0n) is 15.8. The quantitative estimate of drug-likeness (QED) is 0.441. The van der Waals surface area contributed by atoms with Crippen molar-refractivity contribution in [2.75, 3.05) is 13.2 Å². The highest BCUT2D eigenvalue weighted by atomic mass is 16.5. The zero-order chi connectivity index (χ0) is 19.4. The van der Waals surface area contributed by atoms with E-state index >= 15 is 0 Å². The average Bonchev–Trinajstić information content (AvgIpc) is 3.18. The smallest absolute Gasteiger partial charge is 0.340 e. The molecule has 0 atom stereocenters. The van der Waals surface area contributed by atoms with Gasteiger partial charge >= 0.3 is 5.97 Å². The highest BCUT2D eigenvalue weighted by Gasteiger charge is 2.22. The molecule has 0 aliphatic carbocycles. The van der Waals surface area contributed by atoms with Gasteiger partial charge in [0.1, 0.15) is 11.5 Å². The first-order chi connectivity index (χ1) is 13.0. The molecule has 0 radical (unpaired) electrons. The van der Waals surface area contributed by atoms with Crippen molar-refractivity contribution in [3.8, 4) is 0 Å². The van der Waals surface area contributed by atoms with Crippen molar-refractivity contribution in [1.82, 2.24) is 20.3 Å². The number of para-hydroxylation sites is 2. The van der Waals surface area contributed by atoms with Crippen LogP contribution in [-0.2, 0) is 11.2 Å². The van der Waals surface area contributed by atoms with E-state index in [0.29, 0.717) is 35.7 Å². The van der Waals surface area contributed by atoms with Crippen molar-refractivity contribution in [3.63, 3.8) is 0 Å². The largest absolute Gasteiger partial charge is 0.462 e. The molecule has 1 amide bonds. The van der Waals surface area contributed by atoms with Crippen molar-refractivity contribution >= 4 is 22.9 Å². The van der Waals surface area contributed by atoms with Crippen LogP contribution in [-0.4, -0.2) is 40.0 Å². The number of carbonyl (C=O) groups excluding carboxylic acids is 2. The third-order valence-electron chi connectivity index (χ3n) is 4.46. The van der Waals surface area contributed by atoms with Gasteiger partial charge in [-0.2, -0.15) is 0 Å². The average molecular weight is 368 g/mol. The Morgan fingerprint density at radius 1 is 1.19 bits per heavy atom. The van der Waals surface area contributed by atoms with E-state index in [1.165, 1.54) is 0 Å². The molecular formula is C20H24N4O3. The van der Waals surface area contributed by atoms with E-state index in [1.54, 1.807) is 20.8 Å². The number of imidazole rings is 1. The molecule has 2 heterocycles. The van der Waals surface area contributed by atoms with E-state index in [9.17, 15) is 9.59 Å². The summed E-state index contributed by atoms with van der Waals surface area (Å²) in [5.74, 6) is 0.269. The van der Waals surface area contributed by atoms with E-state index < -0.39 is 5.97 Å². The number of aromatic amines is 2. The molecule has 0 bridgehead atoms. The van der Waals surface area contributed by atoms with Crippen LogP contribution in [0.15, 0.2) is 24.3 Å². The minimum atomic E-state index is -0.410. The molecule has 2 aromatic heterocycles. The lowest BCUT2D eigenvalue weighted by Crippen LogP contribution is -2.26. The summed E-state index contributed by atoms with van der Waals surface area (Å²) in [5, 5.41) is 2.89. The SMILES string of the molecule is CCOC(=O)c1c(C)[nH]c(C(=O)NCCCc2nc3ccccc3[nH]2)c1C. The van der Waals surface area contributed by atoms with E-state index in [1.807, 2.05) is 24.3 Å². The number of H-pyrrole nitrogens is 2. The Hall–Kier alpha value is -3.09. The maximum atomic E-state index is 12.4. The van der Waals surface area contributed by atoms with Crippen LogP contribution in [0.5, 0.6) is 0 Å². The zero-order valence-corrected chi connectivity index (χ0v) is 15.8. The van der Waals surface area contributed by atoms with Crippen molar-refractivity contribution in [2.45, 2.75) is 33.6 Å². The topological polar surface area (TPSA) is 99.9 Å². The lowest BCUT2D eigenvalue weighted by Gasteiger charge is -2.05. The number of carbonyl (C=O) groups is 2. The van der Waals surface area contributed by atoms with Crippen LogP contribution >= 0.6 is 0 Å². The van der Waals surface area contributed by atoms with Crippen LogP contribution in [0.4, 0.5) is 0 Å². The molecule has 27 heavy (non-hydrogen) atoms. The second kappa shape index (κ2) is 8.07. The lowest BCUT2D eigenvalue weighted by molar-refractivity contribution is 0.0525. The van der Waals surface area contributed by atoms with Gasteiger partial charge in [0.15, 0.2) is 0 Å². The number of nitrogens with zero attached hydrogens (tertiary/aromatic N) is 1. The van der Waals surface area contributed by atoms with Crippen molar-refractivity contribution in [1.29, 1.82) is 0 Å². The van der Waals surface area contributed by atoms with Crippen LogP contribution in [0.1, 0.15) is 51.3 Å². The molecule has 0 aliphatic rings. The van der Waals surface area contributed by atoms with E-state index in [-0.39, 0.29) is 5.91 Å². The second-order valence-corrected chi connectivity index (χ2v) is 6.41. The fraction of sp³-hybridized carbons (Fsp3) is 0.350. The monoisotopic (exact) mass is 368 g/mol. The number of hydrogen-bond donors (Lipinski definition) is 3. The predicted molar refractivity (Wildman–Crippen MR) is 103 cm³/mol. The van der Waals surface area contributed by atoms with Gasteiger partial charge in [-0.25, -0.2) is 9.78 Å². The summed E-state index contributed by atoms with van der Waals surface area (Å²) < 4.78 is 5.05. The molecule has 0 spiro atoms. The van der Waals surface area contributed by atoms with Gasteiger partial charge in [-0.15, -0.1) is 0 Å². The predicted octanol–water partition coefficient (Wildman–Crippen LogP) is 3.05. The molecule has 0 aliphatic heterocycles. The van der Waals surface area contributed by atoms with Gasteiger partial charge < -0.3 is 20.0 Å². The summed E-state index contributed by atoms with van der Waals surface area (Å²) in [4.78, 5) is 35.3. The minimum Gasteiger partial charge on any atom is -0.462 e. The fourth-order valence-electron chi connectivity index (χ4n) is 3.16. The standard InChI is InChI=1S/C20H24N4O3/c1-4-27-20(26)17-12(2)18(22-13(17)3)19(25)21-11-7-10-16-23-14-8-5-6-9-15(14)24-16/h5-6,8-9,22H,4,7,10-11H2,1-3H3,(H,21,25)(H,23,24). The molecule has 3 rings (SSSR count). The Kier molecular flexibility index (Phi) is 5.59. The Morgan fingerprint density at radius 2 is 1.96 bits per heavy atom. The summed E-state index contributed by atoms with van der Waals surface area (Å²) in [6, 6.07) is 7.88. The summed E-state index contributed by atoms with van der Waals surface area (Å²) in [6.45, 7) is 6.08. The van der Waals surface area contributed by atoms with Crippen LogP contribution < -0.4 is 5.32 Å². The molecule has 0 saturated carbocycles. The van der Waals surface area contributed by atoms with E-state index in [4.69, 9.17) is 4.74 Å². The second-order valence-electron chi connectivity index (χ2n) is 6.41. The number of hydrogen-bond acceptors (Lipinski definition) is 4. The molecule has 7 nitrogen and oxygen atoms in total. The Balaban J connectivity index is 1.56. The van der Waals surface area contributed by atoms with Gasteiger partial charge in [-0.3, -0.25) is 4.79 Å². The van der Waals surface area contributed by atoms with Crippen LogP contribution in [0.3, 0.4) is 0 Å². The lowest BCUT2D eigenvalue weighted by atomic mass is 10.1. The molecule has 1 aromatic carbocycles. The molecule has 3 aromatic rings. The van der Waals surface area contributed by atoms with Gasteiger partial charge in [0.05, 0.1) is 23.2 Å². The van der Waals surface area contributed by atoms with Gasteiger partial charge in [0.25, 0.3) is 5.91 Å². The number of aromatic nitrogens is 3. The molecule has 7 heteroatoms. The summed E-state index contributed by atoms with van der Waals surface area (Å²) in [6.07, 6.45) is 1.50. The van der Waals surface area contributed by atoms with Crippen LogP contribution in [0.25, 0.3) is 11.0 Å². The summed E-state index contributed by atoms with van der Waals surface area (Å²) in [7, 11) is 0. The molecule has 0 saturated heterocycles. The molecule has 0 fully saturated rings. The number of fused-ring (bicyclic) bond motifs is 1. The highest BCUT2D eigenvalue weighted by molar-refractivity contribution is 6.00. The summed E-state index contributed by atoms with van der Waals surface area (Å²) >= 11 is 0. The number of benzene rings is 1. The minimum absolute atomic E-state index is 0.226. The molecule has 142 valence electrons. The van der Waals surface area contributed by atoms with Gasteiger partial charge in [-0.1, -0.05) is 12.1 Å². The van der Waals surface area contributed by atoms with Crippen LogP contribution in [0.2, 0.25) is 0 Å². The Bertz CT molecular complexity index is 938. The third-order valence-corrected chi connectivity index (χ3v) is 4.46. The summed E-state index contributed by atoms with van der Waals surface area (Å²) in [5.41, 5.74) is 4.05. The number of rotatable bonds is 7. The number of ether oxygens (including phenoxy) is 1. The normalized spacial score (nSPS) is 10.9. The number of nitrogens with one attached hydrogen (secondary N) is 3. The van der Waals surface area contributed by atoms with Crippen molar-refractivity contribution < 1.29 is 14.3 Å². The number of amides is 1. The number of esters is 1. The number of aryl methyl sites for hydroxylation is 2.